The topological polar surface area (TPSA) is 112 Å². The molecular formula is C29H34N6O4. The second-order valence-corrected chi connectivity index (χ2v) is 9.81. The van der Waals surface area contributed by atoms with Crippen molar-refractivity contribution in [1.29, 1.82) is 0 Å². The lowest BCUT2D eigenvalue weighted by molar-refractivity contribution is -0.124. The molecule has 1 aliphatic heterocycles. The third kappa shape index (κ3) is 5.80. The minimum absolute atomic E-state index is 0.273. The number of nitrogens with one attached hydrogen (secondary N) is 2. The maximum atomic E-state index is 13.1. The van der Waals surface area contributed by atoms with E-state index in [4.69, 9.17) is 14.5 Å². The number of aromatic nitrogens is 4. The Bertz CT molecular complexity index is 1470. The number of carbonyl (C=O) groups excluding carboxylic acids is 2. The van der Waals surface area contributed by atoms with Crippen molar-refractivity contribution in [1.82, 2.24) is 19.3 Å². The second kappa shape index (κ2) is 11.7. The first-order valence-corrected chi connectivity index (χ1v) is 13.2. The number of nitrogens with zero attached hydrogens (tertiary/aromatic N) is 4. The molecule has 1 atom stereocenters. The Kier molecular flexibility index (Phi) is 7.92. The summed E-state index contributed by atoms with van der Waals surface area (Å²) in [5.41, 5.74) is 5.26. The molecule has 204 valence electrons. The summed E-state index contributed by atoms with van der Waals surface area (Å²) in [6, 6.07) is 12.1. The van der Waals surface area contributed by atoms with Gasteiger partial charge in [-0.2, -0.15) is 5.10 Å². The zero-order chi connectivity index (χ0) is 27.4. The molecule has 0 radical (unpaired) electrons. The van der Waals surface area contributed by atoms with E-state index in [0.717, 1.165) is 36.2 Å². The van der Waals surface area contributed by atoms with Gasteiger partial charge in [0.2, 0.25) is 0 Å². The number of hydrogen-bond donors (Lipinski definition) is 2. The number of carbonyl (C=O) groups is 2. The number of hydrogen-bond acceptors (Lipinski definition) is 7. The Morgan fingerprint density at radius 1 is 1.23 bits per heavy atom. The number of anilines is 2. The first-order chi connectivity index (χ1) is 18.9. The highest BCUT2D eigenvalue weighted by molar-refractivity contribution is 6.12. The summed E-state index contributed by atoms with van der Waals surface area (Å²) < 4.78 is 14.4. The summed E-state index contributed by atoms with van der Waals surface area (Å²) in [5.74, 6) is -0.804. The molecule has 3 aromatic heterocycles. The van der Waals surface area contributed by atoms with E-state index in [-0.39, 0.29) is 11.6 Å². The lowest BCUT2D eigenvalue weighted by atomic mass is 10.1. The average molecular weight is 531 g/mol. The van der Waals surface area contributed by atoms with Gasteiger partial charge in [-0.05, 0) is 44.2 Å². The Labute approximate surface area is 227 Å². The van der Waals surface area contributed by atoms with Gasteiger partial charge in [-0.3, -0.25) is 9.48 Å². The van der Waals surface area contributed by atoms with Crippen molar-refractivity contribution in [3.8, 4) is 0 Å². The smallest absolute Gasteiger partial charge is 0.356 e. The quantitative estimate of drug-likeness (QED) is 0.295. The summed E-state index contributed by atoms with van der Waals surface area (Å²) in [4.78, 5) is 31.0. The molecule has 1 amide bonds. The van der Waals surface area contributed by atoms with Gasteiger partial charge in [-0.15, -0.1) is 0 Å². The van der Waals surface area contributed by atoms with Crippen molar-refractivity contribution in [2.24, 2.45) is 7.05 Å². The van der Waals surface area contributed by atoms with Gasteiger partial charge in [0.25, 0.3) is 5.91 Å². The maximum Gasteiger partial charge on any atom is 0.356 e. The number of aryl methyl sites for hydroxylation is 4. The van der Waals surface area contributed by atoms with Crippen molar-refractivity contribution in [2.75, 3.05) is 24.4 Å². The summed E-state index contributed by atoms with van der Waals surface area (Å²) in [6.45, 7) is 3.61. The van der Waals surface area contributed by atoms with Crippen LogP contribution in [0.15, 0.2) is 48.8 Å². The molecule has 1 aliphatic rings. The summed E-state index contributed by atoms with van der Waals surface area (Å²) in [5, 5.41) is 11.4. The van der Waals surface area contributed by atoms with Crippen LogP contribution in [0.5, 0.6) is 0 Å². The molecule has 1 aromatic carbocycles. The highest BCUT2D eigenvalue weighted by Gasteiger charge is 2.30. The second-order valence-electron chi connectivity index (χ2n) is 9.81. The number of fused-ring (bicyclic) bond motifs is 1. The lowest BCUT2D eigenvalue weighted by Gasteiger charge is -2.13. The zero-order valence-corrected chi connectivity index (χ0v) is 22.6. The van der Waals surface area contributed by atoms with Gasteiger partial charge in [0.1, 0.15) is 11.8 Å². The van der Waals surface area contributed by atoms with E-state index in [1.54, 1.807) is 10.9 Å². The molecule has 2 N–H and O–H groups in total. The van der Waals surface area contributed by atoms with Crippen LogP contribution in [0, 0.1) is 6.92 Å². The summed E-state index contributed by atoms with van der Waals surface area (Å²) in [6.07, 6.45) is 6.25. The number of ether oxygens (including phenoxy) is 2. The predicted molar refractivity (Wildman–Crippen MR) is 149 cm³/mol. The van der Waals surface area contributed by atoms with Crippen molar-refractivity contribution in [3.63, 3.8) is 0 Å². The molecule has 10 nitrogen and oxygen atoms in total. The molecule has 5 rings (SSSR count). The lowest BCUT2D eigenvalue weighted by Crippen LogP contribution is -2.28. The van der Waals surface area contributed by atoms with Crippen LogP contribution in [0.25, 0.3) is 11.0 Å². The zero-order valence-electron chi connectivity index (χ0n) is 22.6. The minimum Gasteiger partial charge on any atom is -0.464 e. The van der Waals surface area contributed by atoms with Crippen LogP contribution in [-0.4, -0.2) is 51.0 Å². The first kappa shape index (κ1) is 26.4. The Morgan fingerprint density at radius 3 is 2.74 bits per heavy atom. The molecule has 0 saturated carbocycles. The van der Waals surface area contributed by atoms with Gasteiger partial charge >= 0.3 is 5.97 Å². The Balaban J connectivity index is 1.50. The molecule has 39 heavy (non-hydrogen) atoms. The van der Waals surface area contributed by atoms with E-state index in [0.29, 0.717) is 42.8 Å². The van der Waals surface area contributed by atoms with Gasteiger partial charge in [0, 0.05) is 43.9 Å². The number of methoxy groups -OCH3 is 1. The fourth-order valence-corrected chi connectivity index (χ4v) is 5.07. The molecule has 0 spiro atoms. The third-order valence-corrected chi connectivity index (χ3v) is 7.04. The van der Waals surface area contributed by atoms with Crippen LogP contribution in [0.2, 0.25) is 0 Å². The standard InChI is InChI=1S/C29H34N6O4/c1-19-21(18-34(2)33-19)16-30-22-15-23-25(32-28(36)24-12-8-14-39-24)26(29(37)38-3)35(27(23)31-17-22)13-7-11-20-9-5-4-6-10-20/h4-6,9-10,15,17-18,24,30H,7-8,11-14,16H2,1-3H3,(H,32,36)/t24-/m0/s1. The number of rotatable bonds is 10. The predicted octanol–water partition coefficient (Wildman–Crippen LogP) is 4.23. The van der Waals surface area contributed by atoms with E-state index in [1.807, 2.05) is 49.0 Å². The van der Waals surface area contributed by atoms with Gasteiger partial charge in [-0.25, -0.2) is 9.78 Å². The highest BCUT2D eigenvalue weighted by atomic mass is 16.5. The highest BCUT2D eigenvalue weighted by Crippen LogP contribution is 2.34. The average Bonchev–Trinajstić information content (AvgIpc) is 3.66. The van der Waals surface area contributed by atoms with E-state index in [9.17, 15) is 9.59 Å². The number of pyridine rings is 1. The SMILES string of the molecule is COC(=O)c1c(NC(=O)[C@@H]2CCCO2)c2cc(NCc3cn(C)nc3C)cnc2n1CCCc1ccccc1. The van der Waals surface area contributed by atoms with Crippen LogP contribution in [0.4, 0.5) is 11.4 Å². The number of benzene rings is 1. The van der Waals surface area contributed by atoms with E-state index < -0.39 is 12.1 Å². The van der Waals surface area contributed by atoms with Crippen LogP contribution in [0.1, 0.15) is 46.6 Å². The molecular weight excluding hydrogens is 496 g/mol. The van der Waals surface area contributed by atoms with E-state index in [1.165, 1.54) is 12.7 Å². The van der Waals surface area contributed by atoms with Crippen molar-refractivity contribution in [2.45, 2.75) is 51.8 Å². The fraction of sp³-hybridized carbons (Fsp3) is 0.379. The first-order valence-electron chi connectivity index (χ1n) is 13.2. The molecule has 10 heteroatoms. The van der Waals surface area contributed by atoms with Gasteiger partial charge < -0.3 is 24.7 Å². The normalized spacial score (nSPS) is 15.0. The molecule has 0 bridgehead atoms. The summed E-state index contributed by atoms with van der Waals surface area (Å²) >= 11 is 0. The van der Waals surface area contributed by atoms with Crippen molar-refractivity contribution >= 4 is 34.3 Å². The Hall–Kier alpha value is -4.18. The molecule has 1 saturated heterocycles. The van der Waals surface area contributed by atoms with E-state index in [2.05, 4.69) is 27.9 Å². The Morgan fingerprint density at radius 2 is 2.05 bits per heavy atom. The number of esters is 1. The van der Waals surface area contributed by atoms with Crippen LogP contribution >= 0.6 is 0 Å². The van der Waals surface area contributed by atoms with E-state index >= 15 is 0 Å². The largest absolute Gasteiger partial charge is 0.464 e. The maximum absolute atomic E-state index is 13.1. The number of amides is 1. The molecule has 4 heterocycles. The minimum atomic E-state index is -0.546. The molecule has 0 unspecified atom stereocenters. The van der Waals surface area contributed by atoms with Crippen molar-refractivity contribution in [3.05, 3.63) is 71.3 Å². The molecule has 1 fully saturated rings. The third-order valence-electron chi connectivity index (χ3n) is 7.04. The van der Waals surface area contributed by atoms with Crippen LogP contribution in [0.3, 0.4) is 0 Å². The van der Waals surface area contributed by atoms with Crippen LogP contribution in [-0.2, 0) is 40.8 Å². The van der Waals surface area contributed by atoms with Crippen molar-refractivity contribution < 1.29 is 19.1 Å². The van der Waals surface area contributed by atoms with Gasteiger partial charge in [0.05, 0.1) is 30.4 Å². The monoisotopic (exact) mass is 530 g/mol. The fourth-order valence-electron chi connectivity index (χ4n) is 5.07. The molecule has 0 aliphatic carbocycles. The van der Waals surface area contributed by atoms with Gasteiger partial charge in [-0.1, -0.05) is 30.3 Å². The molecule has 4 aromatic rings. The van der Waals surface area contributed by atoms with Gasteiger partial charge in [0.15, 0.2) is 5.69 Å². The summed E-state index contributed by atoms with van der Waals surface area (Å²) in [7, 11) is 3.23. The van der Waals surface area contributed by atoms with Crippen LogP contribution < -0.4 is 10.6 Å².